The number of hydrazine groups is 1. The van der Waals surface area contributed by atoms with Gasteiger partial charge in [-0.1, -0.05) is 0 Å². The summed E-state index contributed by atoms with van der Waals surface area (Å²) < 4.78 is 0. The molecule has 1 unspecified atom stereocenters. The molecular formula is C10H20N4O. The fourth-order valence-electron chi connectivity index (χ4n) is 2.74. The van der Waals surface area contributed by atoms with Gasteiger partial charge in [-0.3, -0.25) is 15.1 Å². The number of nitrogens with zero attached hydrogens (tertiary/aromatic N) is 1. The number of hydrogen-bond donors (Lipinski definition) is 3. The maximum absolute atomic E-state index is 11.6. The van der Waals surface area contributed by atoms with Crippen LogP contribution < -0.4 is 16.6 Å². The normalized spacial score (nSPS) is 29.3. The van der Waals surface area contributed by atoms with Gasteiger partial charge in [-0.05, 0) is 45.3 Å². The van der Waals surface area contributed by atoms with Crippen molar-refractivity contribution in [2.45, 2.75) is 37.8 Å². The van der Waals surface area contributed by atoms with Crippen LogP contribution in [0.5, 0.6) is 0 Å². The molecule has 4 N–H and O–H groups in total. The van der Waals surface area contributed by atoms with Gasteiger partial charge in [0.1, 0.15) is 0 Å². The lowest BCUT2D eigenvalue weighted by molar-refractivity contribution is -0.126. The van der Waals surface area contributed by atoms with Crippen molar-refractivity contribution in [3.63, 3.8) is 0 Å². The van der Waals surface area contributed by atoms with E-state index in [4.69, 9.17) is 5.84 Å². The first-order valence-corrected chi connectivity index (χ1v) is 5.80. The molecule has 2 fully saturated rings. The molecule has 0 aromatic heterocycles. The summed E-state index contributed by atoms with van der Waals surface area (Å²) in [6.45, 7) is 3.18. The summed E-state index contributed by atoms with van der Waals surface area (Å²) in [5.41, 5.74) is 2.28. The first-order valence-electron chi connectivity index (χ1n) is 5.80. The minimum atomic E-state index is -0.0222. The Morgan fingerprint density at radius 2 is 2.07 bits per heavy atom. The molecule has 2 rings (SSSR count). The van der Waals surface area contributed by atoms with Crippen molar-refractivity contribution in [2.24, 2.45) is 5.84 Å². The van der Waals surface area contributed by atoms with Crippen molar-refractivity contribution < 1.29 is 4.79 Å². The Bertz CT molecular complexity index is 227. The Hall–Kier alpha value is -0.650. The monoisotopic (exact) mass is 212 g/mol. The van der Waals surface area contributed by atoms with Gasteiger partial charge < -0.3 is 5.32 Å². The number of carbonyl (C=O) groups excluding carboxylic acids is 1. The van der Waals surface area contributed by atoms with E-state index in [0.29, 0.717) is 6.04 Å². The van der Waals surface area contributed by atoms with Crippen LogP contribution in [0.3, 0.4) is 0 Å². The third kappa shape index (κ3) is 2.30. The number of nitrogens with one attached hydrogen (secondary N) is 2. The zero-order valence-corrected chi connectivity index (χ0v) is 9.04. The van der Waals surface area contributed by atoms with E-state index in [2.05, 4.69) is 15.6 Å². The molecule has 0 aliphatic carbocycles. The largest absolute Gasteiger partial charge is 0.317 e. The van der Waals surface area contributed by atoms with E-state index in [0.717, 1.165) is 45.3 Å². The van der Waals surface area contributed by atoms with Crippen LogP contribution in [0.2, 0.25) is 0 Å². The fraction of sp³-hybridized carbons (Fsp3) is 0.900. The number of piperidine rings is 1. The third-order valence-electron chi connectivity index (χ3n) is 3.52. The molecule has 86 valence electrons. The van der Waals surface area contributed by atoms with Gasteiger partial charge in [0.25, 0.3) is 5.91 Å². The lowest BCUT2D eigenvalue weighted by Crippen LogP contribution is -2.51. The molecule has 2 saturated heterocycles. The van der Waals surface area contributed by atoms with E-state index in [1.165, 1.54) is 0 Å². The average Bonchev–Trinajstić information content (AvgIpc) is 2.78. The summed E-state index contributed by atoms with van der Waals surface area (Å²) in [4.78, 5) is 13.9. The highest BCUT2D eigenvalue weighted by Gasteiger charge is 2.35. The molecule has 0 bridgehead atoms. The molecule has 15 heavy (non-hydrogen) atoms. The fourth-order valence-corrected chi connectivity index (χ4v) is 2.74. The summed E-state index contributed by atoms with van der Waals surface area (Å²) in [6.07, 6.45) is 4.36. The van der Waals surface area contributed by atoms with Crippen molar-refractivity contribution in [3.8, 4) is 0 Å². The lowest BCUT2D eigenvalue weighted by atomic mass is 10.0. The number of rotatable bonds is 2. The molecule has 2 aliphatic rings. The lowest BCUT2D eigenvalue weighted by Gasteiger charge is -2.34. The molecule has 1 atom stereocenters. The van der Waals surface area contributed by atoms with Crippen molar-refractivity contribution >= 4 is 5.91 Å². The number of nitrogens with two attached hydrogens (primary N) is 1. The van der Waals surface area contributed by atoms with Gasteiger partial charge in [0.2, 0.25) is 0 Å². The zero-order chi connectivity index (χ0) is 10.7. The van der Waals surface area contributed by atoms with Crippen molar-refractivity contribution in [3.05, 3.63) is 0 Å². The second-order valence-electron chi connectivity index (χ2n) is 4.39. The Kier molecular flexibility index (Phi) is 3.56. The highest BCUT2D eigenvalue weighted by molar-refractivity contribution is 5.81. The highest BCUT2D eigenvalue weighted by Crippen LogP contribution is 2.24. The van der Waals surface area contributed by atoms with E-state index >= 15 is 0 Å². The van der Waals surface area contributed by atoms with Gasteiger partial charge in [0.05, 0.1) is 6.04 Å². The summed E-state index contributed by atoms with van der Waals surface area (Å²) >= 11 is 0. The Morgan fingerprint density at radius 1 is 1.33 bits per heavy atom. The first-order chi connectivity index (χ1) is 7.33. The third-order valence-corrected chi connectivity index (χ3v) is 3.52. The maximum atomic E-state index is 11.6. The van der Waals surface area contributed by atoms with E-state index in [1.54, 1.807) is 0 Å². The number of carbonyl (C=O) groups is 1. The molecule has 2 aliphatic heterocycles. The van der Waals surface area contributed by atoms with Crippen molar-refractivity contribution in [2.75, 3.05) is 19.6 Å². The van der Waals surface area contributed by atoms with Crippen LogP contribution in [0.15, 0.2) is 0 Å². The van der Waals surface area contributed by atoms with Gasteiger partial charge in [0.15, 0.2) is 0 Å². The SMILES string of the molecule is NNC(=O)C1CCCN1C1CCNCC1. The van der Waals surface area contributed by atoms with E-state index in [1.807, 2.05) is 0 Å². The van der Waals surface area contributed by atoms with E-state index in [9.17, 15) is 4.79 Å². The quantitative estimate of drug-likeness (QED) is 0.318. The van der Waals surface area contributed by atoms with Gasteiger partial charge >= 0.3 is 0 Å². The van der Waals surface area contributed by atoms with Crippen LogP contribution in [0.4, 0.5) is 0 Å². The van der Waals surface area contributed by atoms with Crippen molar-refractivity contribution in [1.82, 2.24) is 15.6 Å². The Balaban J connectivity index is 1.97. The summed E-state index contributed by atoms with van der Waals surface area (Å²) in [5, 5.41) is 3.34. The average molecular weight is 212 g/mol. The molecular weight excluding hydrogens is 192 g/mol. The van der Waals surface area contributed by atoms with E-state index < -0.39 is 0 Å². The molecule has 5 nitrogen and oxygen atoms in total. The first kappa shape index (κ1) is 10.9. The summed E-state index contributed by atoms with van der Waals surface area (Å²) in [6, 6.07) is 0.578. The second kappa shape index (κ2) is 4.92. The van der Waals surface area contributed by atoms with Crippen molar-refractivity contribution in [1.29, 1.82) is 0 Å². The van der Waals surface area contributed by atoms with Crippen LogP contribution in [0.25, 0.3) is 0 Å². The van der Waals surface area contributed by atoms with Gasteiger partial charge in [-0.25, -0.2) is 5.84 Å². The summed E-state index contributed by atoms with van der Waals surface area (Å²) in [7, 11) is 0. The maximum Gasteiger partial charge on any atom is 0.251 e. The smallest absolute Gasteiger partial charge is 0.251 e. The minimum Gasteiger partial charge on any atom is -0.317 e. The topological polar surface area (TPSA) is 70.4 Å². The molecule has 0 aromatic carbocycles. The van der Waals surface area contributed by atoms with Crippen LogP contribution >= 0.6 is 0 Å². The molecule has 2 heterocycles. The van der Waals surface area contributed by atoms with Gasteiger partial charge in [0, 0.05) is 6.04 Å². The number of hydrogen-bond acceptors (Lipinski definition) is 4. The second-order valence-corrected chi connectivity index (χ2v) is 4.39. The molecule has 0 aromatic rings. The zero-order valence-electron chi connectivity index (χ0n) is 9.04. The molecule has 0 saturated carbocycles. The van der Waals surface area contributed by atoms with Crippen LogP contribution in [-0.2, 0) is 4.79 Å². The molecule has 0 radical (unpaired) electrons. The van der Waals surface area contributed by atoms with Crippen LogP contribution in [0.1, 0.15) is 25.7 Å². The standard InChI is InChI=1S/C10H20N4O/c11-13-10(15)9-2-1-7-14(9)8-3-5-12-6-4-8/h8-9,12H,1-7,11H2,(H,13,15). The number of amides is 1. The van der Waals surface area contributed by atoms with Gasteiger partial charge in [-0.15, -0.1) is 0 Å². The Labute approximate surface area is 90.3 Å². The molecule has 0 spiro atoms. The Morgan fingerprint density at radius 3 is 2.73 bits per heavy atom. The predicted octanol–water partition coefficient (Wildman–Crippen LogP) is -0.807. The number of likely N-dealkylation sites (tertiary alicyclic amines) is 1. The van der Waals surface area contributed by atoms with E-state index in [-0.39, 0.29) is 11.9 Å². The van der Waals surface area contributed by atoms with Crippen LogP contribution in [-0.4, -0.2) is 42.5 Å². The summed E-state index contributed by atoms with van der Waals surface area (Å²) in [5.74, 6) is 5.18. The predicted molar refractivity (Wildman–Crippen MR) is 57.9 cm³/mol. The molecule has 1 amide bonds. The van der Waals surface area contributed by atoms with Crippen LogP contribution in [0, 0.1) is 0 Å². The minimum absolute atomic E-state index is 0.0121. The highest BCUT2D eigenvalue weighted by atomic mass is 16.2. The molecule has 5 heteroatoms. The van der Waals surface area contributed by atoms with Gasteiger partial charge in [-0.2, -0.15) is 0 Å².